The van der Waals surface area contributed by atoms with Gasteiger partial charge < -0.3 is 11.5 Å². The summed E-state index contributed by atoms with van der Waals surface area (Å²) in [4.78, 5) is 11.1. The SMILES string of the molecule is CC(c1ccc(N)cc1)C(N)C(=O)NO. The van der Waals surface area contributed by atoms with Gasteiger partial charge in [-0.3, -0.25) is 10.0 Å². The van der Waals surface area contributed by atoms with Gasteiger partial charge in [0, 0.05) is 11.6 Å². The second kappa shape index (κ2) is 4.77. The lowest BCUT2D eigenvalue weighted by Gasteiger charge is -2.18. The molecular formula is C10H15N3O2. The van der Waals surface area contributed by atoms with E-state index in [1.165, 1.54) is 5.48 Å². The van der Waals surface area contributed by atoms with E-state index in [9.17, 15) is 4.79 Å². The standard InChI is InChI=1S/C10H15N3O2/c1-6(9(12)10(14)13-15)7-2-4-8(11)5-3-7/h2-6,9,15H,11-12H2,1H3,(H,13,14). The van der Waals surface area contributed by atoms with Crippen LogP contribution in [-0.4, -0.2) is 17.2 Å². The predicted octanol–water partition coefficient (Wildman–Crippen LogP) is 0.205. The van der Waals surface area contributed by atoms with Crippen molar-refractivity contribution in [2.75, 3.05) is 5.73 Å². The zero-order valence-corrected chi connectivity index (χ0v) is 8.47. The van der Waals surface area contributed by atoms with Crippen molar-refractivity contribution in [2.45, 2.75) is 18.9 Å². The molecule has 5 heteroatoms. The highest BCUT2D eigenvalue weighted by atomic mass is 16.5. The lowest BCUT2D eigenvalue weighted by Crippen LogP contribution is -2.42. The van der Waals surface area contributed by atoms with E-state index >= 15 is 0 Å². The van der Waals surface area contributed by atoms with Crippen LogP contribution < -0.4 is 16.9 Å². The predicted molar refractivity (Wildman–Crippen MR) is 57.2 cm³/mol. The van der Waals surface area contributed by atoms with E-state index in [0.29, 0.717) is 5.69 Å². The molecule has 2 unspecified atom stereocenters. The van der Waals surface area contributed by atoms with E-state index in [4.69, 9.17) is 16.7 Å². The van der Waals surface area contributed by atoms with Gasteiger partial charge >= 0.3 is 0 Å². The Morgan fingerprint density at radius 3 is 2.40 bits per heavy atom. The van der Waals surface area contributed by atoms with Gasteiger partial charge in [-0.05, 0) is 17.7 Å². The molecule has 6 N–H and O–H groups in total. The highest BCUT2D eigenvalue weighted by molar-refractivity contribution is 5.81. The molecule has 82 valence electrons. The molecule has 0 aliphatic carbocycles. The fraction of sp³-hybridized carbons (Fsp3) is 0.300. The van der Waals surface area contributed by atoms with Gasteiger partial charge in [0.15, 0.2) is 0 Å². The fourth-order valence-corrected chi connectivity index (χ4v) is 1.31. The number of hydroxylamine groups is 1. The molecule has 1 rings (SSSR count). The summed E-state index contributed by atoms with van der Waals surface area (Å²) in [5.41, 5.74) is 14.3. The van der Waals surface area contributed by atoms with Crippen LogP contribution in [0.2, 0.25) is 0 Å². The van der Waals surface area contributed by atoms with Crippen LogP contribution in [0.4, 0.5) is 5.69 Å². The second-order valence-electron chi connectivity index (χ2n) is 3.46. The van der Waals surface area contributed by atoms with Crippen molar-refractivity contribution in [3.63, 3.8) is 0 Å². The summed E-state index contributed by atoms with van der Waals surface area (Å²) >= 11 is 0. The number of nitrogen functional groups attached to an aromatic ring is 1. The van der Waals surface area contributed by atoms with Crippen LogP contribution in [0.3, 0.4) is 0 Å². The molecule has 1 aromatic rings. The number of hydrogen-bond acceptors (Lipinski definition) is 4. The van der Waals surface area contributed by atoms with Gasteiger partial charge in [-0.2, -0.15) is 0 Å². The van der Waals surface area contributed by atoms with Crippen molar-refractivity contribution in [1.82, 2.24) is 5.48 Å². The van der Waals surface area contributed by atoms with Crippen molar-refractivity contribution in [1.29, 1.82) is 0 Å². The number of anilines is 1. The van der Waals surface area contributed by atoms with E-state index < -0.39 is 11.9 Å². The number of carbonyl (C=O) groups excluding carboxylic acids is 1. The van der Waals surface area contributed by atoms with Crippen LogP contribution in [0, 0.1) is 0 Å². The van der Waals surface area contributed by atoms with Crippen molar-refractivity contribution in [3.8, 4) is 0 Å². The van der Waals surface area contributed by atoms with Gasteiger partial charge in [0.25, 0.3) is 5.91 Å². The number of nitrogens with two attached hydrogens (primary N) is 2. The second-order valence-corrected chi connectivity index (χ2v) is 3.46. The largest absolute Gasteiger partial charge is 0.399 e. The summed E-state index contributed by atoms with van der Waals surface area (Å²) in [5.74, 6) is -0.780. The van der Waals surface area contributed by atoms with Gasteiger partial charge in [-0.15, -0.1) is 0 Å². The van der Waals surface area contributed by atoms with Gasteiger partial charge in [-0.1, -0.05) is 19.1 Å². The summed E-state index contributed by atoms with van der Waals surface area (Å²) in [6, 6.07) is 6.33. The van der Waals surface area contributed by atoms with E-state index in [0.717, 1.165) is 5.56 Å². The zero-order valence-electron chi connectivity index (χ0n) is 8.47. The van der Waals surface area contributed by atoms with Gasteiger partial charge in [0.2, 0.25) is 0 Å². The van der Waals surface area contributed by atoms with E-state index in [2.05, 4.69) is 0 Å². The van der Waals surface area contributed by atoms with Crippen LogP contribution in [0.5, 0.6) is 0 Å². The van der Waals surface area contributed by atoms with Crippen LogP contribution in [0.25, 0.3) is 0 Å². The number of rotatable bonds is 3. The first-order chi connectivity index (χ1) is 7.06. The summed E-state index contributed by atoms with van der Waals surface area (Å²) in [5, 5.41) is 8.45. The van der Waals surface area contributed by atoms with Gasteiger partial charge in [0.1, 0.15) is 0 Å². The number of amides is 1. The van der Waals surface area contributed by atoms with Crippen LogP contribution in [-0.2, 0) is 4.79 Å². The first kappa shape index (κ1) is 11.5. The molecule has 5 nitrogen and oxygen atoms in total. The lowest BCUT2D eigenvalue weighted by molar-refractivity contribution is -0.130. The van der Waals surface area contributed by atoms with E-state index in [1.54, 1.807) is 12.1 Å². The highest BCUT2D eigenvalue weighted by Crippen LogP contribution is 2.19. The molecule has 1 aromatic carbocycles. The Kier molecular flexibility index (Phi) is 3.65. The molecule has 0 fully saturated rings. The van der Waals surface area contributed by atoms with Crippen molar-refractivity contribution >= 4 is 11.6 Å². The Morgan fingerprint density at radius 2 is 1.93 bits per heavy atom. The molecule has 0 saturated carbocycles. The minimum atomic E-state index is -0.779. The Hall–Kier alpha value is -1.59. The summed E-state index contributed by atoms with van der Waals surface area (Å²) in [6.07, 6.45) is 0. The molecule has 2 atom stereocenters. The van der Waals surface area contributed by atoms with E-state index in [1.807, 2.05) is 19.1 Å². The van der Waals surface area contributed by atoms with Crippen LogP contribution in [0.1, 0.15) is 18.4 Å². The quantitative estimate of drug-likeness (QED) is 0.324. The molecule has 15 heavy (non-hydrogen) atoms. The molecule has 0 bridgehead atoms. The molecule has 0 saturated heterocycles. The summed E-state index contributed by atoms with van der Waals surface area (Å²) in [7, 11) is 0. The number of hydrogen-bond donors (Lipinski definition) is 4. The number of nitrogens with one attached hydrogen (secondary N) is 1. The van der Waals surface area contributed by atoms with Crippen LogP contribution in [0.15, 0.2) is 24.3 Å². The molecular weight excluding hydrogens is 194 g/mol. The third-order valence-electron chi connectivity index (χ3n) is 2.41. The number of benzene rings is 1. The Labute approximate surface area is 88.0 Å². The van der Waals surface area contributed by atoms with Crippen molar-refractivity contribution < 1.29 is 10.0 Å². The molecule has 0 heterocycles. The molecule has 0 spiro atoms. The van der Waals surface area contributed by atoms with Crippen molar-refractivity contribution in [3.05, 3.63) is 29.8 Å². The normalized spacial score (nSPS) is 14.3. The Bertz CT molecular complexity index is 337. The maximum Gasteiger partial charge on any atom is 0.260 e. The minimum Gasteiger partial charge on any atom is -0.399 e. The lowest BCUT2D eigenvalue weighted by atomic mass is 9.93. The first-order valence-electron chi connectivity index (χ1n) is 4.61. The molecule has 1 amide bonds. The molecule has 0 aliphatic rings. The zero-order chi connectivity index (χ0) is 11.4. The molecule has 0 aromatic heterocycles. The molecule has 0 aliphatic heterocycles. The topological polar surface area (TPSA) is 101 Å². The maximum atomic E-state index is 11.1. The summed E-state index contributed by atoms with van der Waals surface area (Å²) in [6.45, 7) is 1.81. The highest BCUT2D eigenvalue weighted by Gasteiger charge is 2.21. The minimum absolute atomic E-state index is 0.183. The summed E-state index contributed by atoms with van der Waals surface area (Å²) < 4.78 is 0. The monoisotopic (exact) mass is 209 g/mol. The fourth-order valence-electron chi connectivity index (χ4n) is 1.31. The van der Waals surface area contributed by atoms with Crippen LogP contribution >= 0.6 is 0 Å². The Balaban J connectivity index is 2.80. The van der Waals surface area contributed by atoms with Gasteiger partial charge in [-0.25, -0.2) is 5.48 Å². The van der Waals surface area contributed by atoms with Crippen molar-refractivity contribution in [2.24, 2.45) is 5.73 Å². The maximum absolute atomic E-state index is 11.1. The number of carbonyl (C=O) groups is 1. The van der Waals surface area contributed by atoms with E-state index in [-0.39, 0.29) is 5.92 Å². The Morgan fingerprint density at radius 1 is 1.40 bits per heavy atom. The third-order valence-corrected chi connectivity index (χ3v) is 2.41. The molecule has 0 radical (unpaired) electrons. The smallest absolute Gasteiger partial charge is 0.260 e. The average Bonchev–Trinajstić information content (AvgIpc) is 2.27. The average molecular weight is 209 g/mol. The van der Waals surface area contributed by atoms with Gasteiger partial charge in [0.05, 0.1) is 6.04 Å². The first-order valence-corrected chi connectivity index (χ1v) is 4.61. The third kappa shape index (κ3) is 2.68.